The number of unbranched alkanes of at least 4 members (excludes halogenated alkanes) is 1. The molecule has 0 bridgehead atoms. The zero-order valence-electron chi connectivity index (χ0n) is 22.5. The van der Waals surface area contributed by atoms with Crippen LogP contribution in [-0.2, 0) is 0 Å². The Hall–Kier alpha value is -3.60. The van der Waals surface area contributed by atoms with Gasteiger partial charge in [0.15, 0.2) is 0 Å². The molecule has 3 aromatic carbocycles. The molecule has 39 heavy (non-hydrogen) atoms. The molecule has 1 unspecified atom stereocenters. The molecule has 3 aromatic rings. The first-order valence-corrected chi connectivity index (χ1v) is 14.5. The maximum Gasteiger partial charge on any atom is 0.253 e. The van der Waals surface area contributed by atoms with Gasteiger partial charge in [0.25, 0.3) is 5.91 Å². The van der Waals surface area contributed by atoms with E-state index in [0.717, 1.165) is 43.1 Å². The monoisotopic (exact) mass is 522 g/mol. The Bertz CT molecular complexity index is 1380. The second-order valence-electron chi connectivity index (χ2n) is 11.4. The Balaban J connectivity index is 1.07. The van der Waals surface area contributed by atoms with Crippen molar-refractivity contribution in [2.24, 2.45) is 16.8 Å². The predicted molar refractivity (Wildman–Crippen MR) is 154 cm³/mol. The minimum atomic E-state index is -0.321. The van der Waals surface area contributed by atoms with Gasteiger partial charge in [0.1, 0.15) is 5.82 Å². The summed E-state index contributed by atoms with van der Waals surface area (Å²) in [6, 6.07) is 22.2. The van der Waals surface area contributed by atoms with E-state index in [1.54, 1.807) is 12.1 Å². The summed E-state index contributed by atoms with van der Waals surface area (Å²) in [5, 5.41) is 6.27. The van der Waals surface area contributed by atoms with Crippen molar-refractivity contribution in [2.75, 3.05) is 13.1 Å². The third-order valence-electron chi connectivity index (χ3n) is 8.75. The van der Waals surface area contributed by atoms with E-state index in [1.165, 1.54) is 61.9 Å². The van der Waals surface area contributed by atoms with Crippen LogP contribution in [0.25, 0.3) is 0 Å². The predicted octanol–water partition coefficient (Wildman–Crippen LogP) is 6.11. The van der Waals surface area contributed by atoms with Gasteiger partial charge in [-0.05, 0) is 79.3 Å². The standard InChI is InChI=1S/C34H36FN3O/c35-28-8-5-7-27(22-28)32(36)24-14-16-26(17-15-24)34(39)38-20-18-25(19-21-38)33-30(10-2-1-6-23-12-13-23)29-9-3-4-11-31(29)37-33/h3-5,7-9,11,14-17,22-23,25,30,36H,1-2,6,10,12-13,18-21H2/p+1. The van der Waals surface area contributed by atoms with Crippen molar-refractivity contribution in [1.82, 2.24) is 4.90 Å². The molecular formula is C34H37FN3O+. The van der Waals surface area contributed by atoms with E-state index in [9.17, 15) is 9.18 Å². The number of nitrogens with two attached hydrogens (primary N) is 1. The molecule has 6 rings (SSSR count). The van der Waals surface area contributed by atoms with Crippen LogP contribution in [0.4, 0.5) is 10.1 Å². The fourth-order valence-electron chi connectivity index (χ4n) is 6.30. The molecule has 2 N–H and O–H groups in total. The number of amides is 1. The van der Waals surface area contributed by atoms with Crippen molar-refractivity contribution in [3.05, 3.63) is 101 Å². The van der Waals surface area contributed by atoms with Crippen LogP contribution >= 0.6 is 0 Å². The molecule has 1 aliphatic carbocycles. The highest BCUT2D eigenvalue weighted by molar-refractivity contribution is 6.09. The Morgan fingerprint density at radius 2 is 1.56 bits per heavy atom. The quantitative estimate of drug-likeness (QED) is 0.267. The van der Waals surface area contributed by atoms with E-state index in [-0.39, 0.29) is 11.7 Å². The van der Waals surface area contributed by atoms with Gasteiger partial charge in [-0.15, -0.1) is 0 Å². The van der Waals surface area contributed by atoms with Crippen LogP contribution in [0, 0.1) is 17.7 Å². The summed E-state index contributed by atoms with van der Waals surface area (Å²) in [7, 11) is 0. The van der Waals surface area contributed by atoms with Crippen molar-refractivity contribution in [1.29, 1.82) is 0 Å². The average molecular weight is 523 g/mol. The molecular weight excluding hydrogens is 485 g/mol. The molecule has 2 fully saturated rings. The number of para-hydroxylation sites is 1. The number of fused-ring (bicyclic) bond motifs is 1. The second kappa shape index (κ2) is 11.3. The number of hydrogen-bond donors (Lipinski definition) is 1. The van der Waals surface area contributed by atoms with Gasteiger partial charge in [0.05, 0.1) is 5.69 Å². The van der Waals surface area contributed by atoms with Gasteiger partial charge < -0.3 is 4.90 Å². The number of carbonyl (C=O) groups is 1. The van der Waals surface area contributed by atoms with Gasteiger partial charge in [-0.3, -0.25) is 15.2 Å². The summed E-state index contributed by atoms with van der Waals surface area (Å²) in [6.07, 6.45) is 9.94. The smallest absolute Gasteiger partial charge is 0.253 e. The van der Waals surface area contributed by atoms with E-state index in [2.05, 4.69) is 24.3 Å². The summed E-state index contributed by atoms with van der Waals surface area (Å²) < 4.78 is 13.6. The van der Waals surface area contributed by atoms with E-state index in [1.807, 2.05) is 29.2 Å². The summed E-state index contributed by atoms with van der Waals surface area (Å²) in [5.74, 6) is 1.59. The van der Waals surface area contributed by atoms with Gasteiger partial charge >= 0.3 is 0 Å². The number of carbonyl (C=O) groups excluding carboxylic acids is 1. The second-order valence-corrected chi connectivity index (χ2v) is 11.4. The molecule has 1 atom stereocenters. The zero-order chi connectivity index (χ0) is 26.8. The highest BCUT2D eigenvalue weighted by atomic mass is 19.1. The molecule has 1 saturated heterocycles. The highest BCUT2D eigenvalue weighted by Gasteiger charge is 2.35. The molecule has 3 aliphatic rings. The van der Waals surface area contributed by atoms with Gasteiger partial charge in [0.2, 0.25) is 5.71 Å². The Kier molecular flexibility index (Phi) is 7.40. The molecule has 0 radical (unpaired) electrons. The number of rotatable bonds is 9. The molecule has 5 heteroatoms. The van der Waals surface area contributed by atoms with E-state index < -0.39 is 0 Å². The van der Waals surface area contributed by atoms with Gasteiger partial charge in [-0.1, -0.05) is 56.4 Å². The molecule has 4 nitrogen and oxygen atoms in total. The topological polar surface area (TPSA) is 58.3 Å². The van der Waals surface area contributed by atoms with Crippen LogP contribution in [0.3, 0.4) is 0 Å². The number of nitrogens with zero attached hydrogens (tertiary/aromatic N) is 2. The number of benzene rings is 3. The third kappa shape index (κ3) is 5.73. The van der Waals surface area contributed by atoms with Gasteiger partial charge in [-0.25, -0.2) is 4.39 Å². The minimum absolute atomic E-state index is 0.0533. The summed E-state index contributed by atoms with van der Waals surface area (Å²) in [4.78, 5) is 20.4. The number of halogens is 1. The molecule has 200 valence electrons. The first-order valence-electron chi connectivity index (χ1n) is 14.5. The van der Waals surface area contributed by atoms with Crippen molar-refractivity contribution in [2.45, 2.75) is 57.3 Å². The summed E-state index contributed by atoms with van der Waals surface area (Å²) in [6.45, 7) is 1.49. The van der Waals surface area contributed by atoms with E-state index in [4.69, 9.17) is 10.4 Å². The SMILES string of the molecule is [NH2+]=C(c1ccc(C(=O)N2CCC(C3=Nc4ccccc4C3CCCCC3CC3)CC2)cc1)c1cccc(F)c1. The van der Waals surface area contributed by atoms with Crippen molar-refractivity contribution >= 4 is 23.0 Å². The van der Waals surface area contributed by atoms with Crippen LogP contribution < -0.4 is 5.41 Å². The maximum absolute atomic E-state index is 13.6. The summed E-state index contributed by atoms with van der Waals surface area (Å²) >= 11 is 0. The average Bonchev–Trinajstić information content (AvgIpc) is 3.74. The third-order valence-corrected chi connectivity index (χ3v) is 8.75. The van der Waals surface area contributed by atoms with Crippen LogP contribution in [0.1, 0.15) is 84.3 Å². The normalized spacial score (nSPS) is 19.1. The lowest BCUT2D eigenvalue weighted by Gasteiger charge is -2.33. The van der Waals surface area contributed by atoms with Crippen LogP contribution in [0.2, 0.25) is 0 Å². The highest BCUT2D eigenvalue weighted by Crippen LogP contribution is 2.43. The van der Waals surface area contributed by atoms with Crippen molar-refractivity contribution in [3.8, 4) is 0 Å². The van der Waals surface area contributed by atoms with Crippen molar-refractivity contribution in [3.63, 3.8) is 0 Å². The van der Waals surface area contributed by atoms with Gasteiger partial charge in [-0.2, -0.15) is 0 Å². The number of piperidine rings is 1. The maximum atomic E-state index is 13.6. The van der Waals surface area contributed by atoms with Crippen LogP contribution in [0.5, 0.6) is 0 Å². The lowest BCUT2D eigenvalue weighted by Crippen LogP contribution is -2.41. The molecule has 2 aliphatic heterocycles. The molecule has 2 heterocycles. The largest absolute Gasteiger partial charge is 0.339 e. The zero-order valence-corrected chi connectivity index (χ0v) is 22.5. The summed E-state index contributed by atoms with van der Waals surface area (Å²) in [5.41, 5.74) is 6.45. The van der Waals surface area contributed by atoms with Crippen LogP contribution in [0.15, 0.2) is 77.8 Å². The lowest BCUT2D eigenvalue weighted by molar-refractivity contribution is -0.111. The molecule has 1 saturated carbocycles. The first-order chi connectivity index (χ1) is 19.1. The molecule has 0 aromatic heterocycles. The van der Waals surface area contributed by atoms with Crippen LogP contribution in [-0.4, -0.2) is 35.3 Å². The van der Waals surface area contributed by atoms with E-state index in [0.29, 0.717) is 28.7 Å². The lowest BCUT2D eigenvalue weighted by atomic mass is 9.80. The van der Waals surface area contributed by atoms with Crippen molar-refractivity contribution < 1.29 is 14.6 Å². The number of aliphatic imine (C=N–C) groups is 1. The Morgan fingerprint density at radius 3 is 2.31 bits per heavy atom. The minimum Gasteiger partial charge on any atom is -0.339 e. The number of hydrogen-bond acceptors (Lipinski definition) is 2. The Labute approximate surface area is 230 Å². The van der Waals surface area contributed by atoms with Gasteiger partial charge in [0, 0.05) is 47.3 Å². The van der Waals surface area contributed by atoms with E-state index >= 15 is 0 Å². The molecule has 1 amide bonds. The fourth-order valence-corrected chi connectivity index (χ4v) is 6.30. The number of likely N-dealkylation sites (tertiary alicyclic amines) is 1. The first kappa shape index (κ1) is 25.7. The fraction of sp³-hybridized carbons (Fsp3) is 0.382. The Morgan fingerprint density at radius 1 is 0.846 bits per heavy atom. The molecule has 0 spiro atoms.